The van der Waals surface area contributed by atoms with E-state index in [1.807, 2.05) is 22.4 Å². The number of likely N-dealkylation sites (N-methyl/N-ethyl adjacent to an activating group) is 1. The first-order chi connectivity index (χ1) is 15.6. The Kier molecular flexibility index (Phi) is 6.09. The van der Waals surface area contributed by atoms with Crippen molar-refractivity contribution in [2.24, 2.45) is 0 Å². The lowest BCUT2D eigenvalue weighted by molar-refractivity contribution is -0.118. The zero-order chi connectivity index (χ0) is 22.1. The molecule has 0 saturated carbocycles. The molecule has 1 fully saturated rings. The number of piperazine rings is 1. The summed E-state index contributed by atoms with van der Waals surface area (Å²) in [5, 5.41) is 3.02. The lowest BCUT2D eigenvalue weighted by atomic mass is 10.1. The molecule has 1 saturated heterocycles. The predicted molar refractivity (Wildman–Crippen MR) is 131 cm³/mol. The minimum atomic E-state index is 0.128. The highest BCUT2D eigenvalue weighted by molar-refractivity contribution is 7.13. The number of rotatable bonds is 5. The van der Waals surface area contributed by atoms with Gasteiger partial charge in [0.2, 0.25) is 5.91 Å². The number of fused-ring (bicyclic) bond motifs is 1. The molecule has 1 aromatic heterocycles. The summed E-state index contributed by atoms with van der Waals surface area (Å²) in [6.07, 6.45) is 1.26. The first-order valence-corrected chi connectivity index (χ1v) is 12.3. The number of thiazole rings is 1. The minimum absolute atomic E-state index is 0.128. The molecule has 166 valence electrons. The van der Waals surface area contributed by atoms with Gasteiger partial charge in [-0.1, -0.05) is 36.4 Å². The van der Waals surface area contributed by atoms with Gasteiger partial charge < -0.3 is 9.80 Å². The molecule has 3 aromatic rings. The Bertz CT molecular complexity index is 1100. The first kappa shape index (κ1) is 21.3. The molecule has 6 heteroatoms. The van der Waals surface area contributed by atoms with Crippen molar-refractivity contribution >= 4 is 22.9 Å². The van der Waals surface area contributed by atoms with E-state index < -0.39 is 0 Å². The van der Waals surface area contributed by atoms with E-state index in [1.165, 1.54) is 11.1 Å². The van der Waals surface area contributed by atoms with E-state index in [4.69, 9.17) is 4.98 Å². The van der Waals surface area contributed by atoms with Crippen LogP contribution in [0, 0.1) is 0 Å². The van der Waals surface area contributed by atoms with Crippen molar-refractivity contribution in [2.45, 2.75) is 32.4 Å². The van der Waals surface area contributed by atoms with E-state index >= 15 is 0 Å². The summed E-state index contributed by atoms with van der Waals surface area (Å²) in [6, 6.07) is 17.1. The fraction of sp³-hybridized carbons (Fsp3) is 0.385. The summed E-state index contributed by atoms with van der Waals surface area (Å²) >= 11 is 1.63. The monoisotopic (exact) mass is 446 g/mol. The molecule has 5 nitrogen and oxygen atoms in total. The van der Waals surface area contributed by atoms with Crippen LogP contribution in [0.4, 0.5) is 5.69 Å². The van der Waals surface area contributed by atoms with Crippen LogP contribution in [0.1, 0.15) is 23.7 Å². The van der Waals surface area contributed by atoms with E-state index in [1.54, 1.807) is 11.3 Å². The van der Waals surface area contributed by atoms with Gasteiger partial charge in [-0.15, -0.1) is 11.3 Å². The summed E-state index contributed by atoms with van der Waals surface area (Å²) in [7, 11) is 2.19. The van der Waals surface area contributed by atoms with Crippen LogP contribution in [0.5, 0.6) is 0 Å². The third-order valence-electron chi connectivity index (χ3n) is 6.54. The van der Waals surface area contributed by atoms with E-state index in [9.17, 15) is 4.79 Å². The van der Waals surface area contributed by atoms with Crippen LogP contribution < -0.4 is 4.90 Å². The molecule has 1 unspecified atom stereocenters. The zero-order valence-corrected chi connectivity index (χ0v) is 19.6. The molecule has 1 amide bonds. The lowest BCUT2D eigenvalue weighted by Gasteiger charge is -2.32. The van der Waals surface area contributed by atoms with Gasteiger partial charge >= 0.3 is 0 Å². The van der Waals surface area contributed by atoms with E-state index in [2.05, 4.69) is 60.2 Å². The fourth-order valence-corrected chi connectivity index (χ4v) is 5.59. The molecule has 3 heterocycles. The van der Waals surface area contributed by atoms with Gasteiger partial charge in [0.1, 0.15) is 5.01 Å². The molecule has 0 radical (unpaired) electrons. The van der Waals surface area contributed by atoms with Gasteiger partial charge in [-0.05, 0) is 43.7 Å². The molecule has 0 bridgehead atoms. The highest BCUT2D eigenvalue weighted by Gasteiger charge is 2.30. The Balaban J connectivity index is 1.27. The van der Waals surface area contributed by atoms with Crippen LogP contribution in [0.3, 0.4) is 0 Å². The van der Waals surface area contributed by atoms with Crippen LogP contribution in [-0.2, 0) is 24.2 Å². The highest BCUT2D eigenvalue weighted by atomic mass is 32.1. The van der Waals surface area contributed by atoms with E-state index in [-0.39, 0.29) is 11.9 Å². The number of nitrogens with zero attached hydrogens (tertiary/aromatic N) is 4. The average molecular weight is 447 g/mol. The molecular formula is C26H30N4OS. The van der Waals surface area contributed by atoms with Crippen LogP contribution in [-0.4, -0.2) is 60.0 Å². The van der Waals surface area contributed by atoms with Crippen molar-refractivity contribution in [2.75, 3.05) is 38.1 Å². The Morgan fingerprint density at radius 3 is 2.75 bits per heavy atom. The normalized spacial score (nSPS) is 19.3. The van der Waals surface area contributed by atoms with Gasteiger partial charge in [-0.2, -0.15) is 0 Å². The maximum absolute atomic E-state index is 13.1. The Hall–Kier alpha value is -2.54. The lowest BCUT2D eigenvalue weighted by Crippen LogP contribution is -2.43. The number of hydrogen-bond donors (Lipinski definition) is 0. The number of carbonyl (C=O) groups is 1. The number of para-hydroxylation sites is 1. The summed E-state index contributed by atoms with van der Waals surface area (Å²) in [5.41, 5.74) is 5.63. The number of amides is 1. The Morgan fingerprint density at radius 1 is 1.09 bits per heavy atom. The van der Waals surface area contributed by atoms with Gasteiger partial charge in [0.05, 0.1) is 12.1 Å². The number of benzene rings is 2. The molecule has 2 aliphatic heterocycles. The Labute approximate surface area is 194 Å². The maximum atomic E-state index is 13.1. The average Bonchev–Trinajstić information content (AvgIpc) is 3.39. The fourth-order valence-electron chi connectivity index (χ4n) is 4.77. The predicted octanol–water partition coefficient (Wildman–Crippen LogP) is 4.08. The van der Waals surface area contributed by atoms with Crippen LogP contribution in [0.15, 0.2) is 53.9 Å². The summed E-state index contributed by atoms with van der Waals surface area (Å²) in [6.45, 7) is 7.58. The van der Waals surface area contributed by atoms with Crippen molar-refractivity contribution in [3.63, 3.8) is 0 Å². The van der Waals surface area contributed by atoms with Crippen molar-refractivity contribution in [1.82, 2.24) is 14.8 Å². The third-order valence-corrected chi connectivity index (χ3v) is 7.48. The molecule has 0 aliphatic carbocycles. The van der Waals surface area contributed by atoms with E-state index in [0.29, 0.717) is 6.42 Å². The Morgan fingerprint density at radius 2 is 1.91 bits per heavy atom. The van der Waals surface area contributed by atoms with E-state index in [0.717, 1.165) is 61.1 Å². The zero-order valence-electron chi connectivity index (χ0n) is 18.8. The van der Waals surface area contributed by atoms with Gasteiger partial charge in [-0.3, -0.25) is 9.69 Å². The molecule has 1 atom stereocenters. The third kappa shape index (κ3) is 4.49. The molecule has 0 N–H and O–H groups in total. The topological polar surface area (TPSA) is 39.7 Å². The van der Waals surface area contributed by atoms with Crippen molar-refractivity contribution in [1.29, 1.82) is 0 Å². The van der Waals surface area contributed by atoms with Gasteiger partial charge in [0, 0.05) is 55.4 Å². The second kappa shape index (κ2) is 9.14. The van der Waals surface area contributed by atoms with Gasteiger partial charge in [0.15, 0.2) is 0 Å². The highest BCUT2D eigenvalue weighted by Crippen LogP contribution is 2.33. The van der Waals surface area contributed by atoms with Crippen molar-refractivity contribution in [3.05, 3.63) is 70.7 Å². The molecule has 32 heavy (non-hydrogen) atoms. The molecule has 0 spiro atoms. The molecular weight excluding hydrogens is 416 g/mol. The van der Waals surface area contributed by atoms with Crippen LogP contribution >= 0.6 is 11.3 Å². The summed E-state index contributed by atoms with van der Waals surface area (Å²) < 4.78 is 0. The van der Waals surface area contributed by atoms with Gasteiger partial charge in [0.25, 0.3) is 0 Å². The SMILES string of the molecule is CC1Cc2ccccc2N1C(=O)Cc1csc(-c2cccc(CN3CCN(C)CC3)c2)n1. The summed E-state index contributed by atoms with van der Waals surface area (Å²) in [4.78, 5) is 24.8. The minimum Gasteiger partial charge on any atom is -0.309 e. The van der Waals surface area contributed by atoms with Crippen molar-refractivity contribution in [3.8, 4) is 10.6 Å². The molecule has 5 rings (SSSR count). The quantitative estimate of drug-likeness (QED) is 0.592. The standard InChI is InChI=1S/C26H30N4OS/c1-19-14-21-7-3-4-9-24(21)30(19)25(31)16-23-18-32-26(27-23)22-8-5-6-20(15-22)17-29-12-10-28(2)11-13-29/h3-9,15,18-19H,10-14,16-17H2,1-2H3. The second-order valence-corrected chi connectivity index (χ2v) is 9.90. The van der Waals surface area contributed by atoms with Crippen LogP contribution in [0.2, 0.25) is 0 Å². The van der Waals surface area contributed by atoms with Crippen LogP contribution in [0.25, 0.3) is 10.6 Å². The number of hydrogen-bond acceptors (Lipinski definition) is 5. The van der Waals surface area contributed by atoms with Gasteiger partial charge in [-0.25, -0.2) is 4.98 Å². The second-order valence-electron chi connectivity index (χ2n) is 9.05. The number of carbonyl (C=O) groups excluding carboxylic acids is 1. The molecule has 2 aliphatic rings. The first-order valence-electron chi connectivity index (χ1n) is 11.4. The number of anilines is 1. The smallest absolute Gasteiger partial charge is 0.233 e. The summed E-state index contributed by atoms with van der Waals surface area (Å²) in [5.74, 6) is 0.128. The van der Waals surface area contributed by atoms with Crippen molar-refractivity contribution < 1.29 is 4.79 Å². The maximum Gasteiger partial charge on any atom is 0.233 e. The number of aromatic nitrogens is 1. The largest absolute Gasteiger partial charge is 0.309 e. The molecule has 2 aromatic carbocycles.